The molecule has 0 bridgehead atoms. The lowest BCUT2D eigenvalue weighted by atomic mass is 10.1. The van der Waals surface area contributed by atoms with Gasteiger partial charge in [-0.3, -0.25) is 0 Å². The van der Waals surface area contributed by atoms with Gasteiger partial charge in [0.15, 0.2) is 5.82 Å². The number of nitrogen functional groups attached to an aromatic ring is 1. The van der Waals surface area contributed by atoms with E-state index in [1.165, 1.54) is 6.07 Å². The fourth-order valence-corrected chi connectivity index (χ4v) is 1.94. The highest BCUT2D eigenvalue weighted by atomic mass is 19.1. The predicted molar refractivity (Wildman–Crippen MR) is 73.4 cm³/mol. The van der Waals surface area contributed by atoms with Gasteiger partial charge in [0.05, 0.1) is 11.3 Å². The van der Waals surface area contributed by atoms with Crippen LogP contribution < -0.4 is 5.73 Å². The Morgan fingerprint density at radius 3 is 2.65 bits per heavy atom. The molecule has 0 radical (unpaired) electrons. The number of benzene rings is 2. The molecule has 20 heavy (non-hydrogen) atoms. The SMILES string of the molecule is Nc1c(F)cccc1-c1nc(Cc2ccccc2)no1. The van der Waals surface area contributed by atoms with Crippen molar-refractivity contribution in [3.05, 3.63) is 65.7 Å². The molecule has 1 aromatic heterocycles. The fraction of sp³-hybridized carbons (Fsp3) is 0.0667. The first-order valence-electron chi connectivity index (χ1n) is 6.15. The average molecular weight is 269 g/mol. The number of hydrogen-bond acceptors (Lipinski definition) is 4. The van der Waals surface area contributed by atoms with E-state index >= 15 is 0 Å². The highest BCUT2D eigenvalue weighted by molar-refractivity contribution is 5.70. The Morgan fingerprint density at radius 2 is 1.85 bits per heavy atom. The van der Waals surface area contributed by atoms with Crippen LogP contribution >= 0.6 is 0 Å². The van der Waals surface area contributed by atoms with Crippen molar-refractivity contribution in [1.82, 2.24) is 10.1 Å². The molecule has 0 fully saturated rings. The molecule has 0 aliphatic carbocycles. The lowest BCUT2D eigenvalue weighted by molar-refractivity contribution is 0.424. The maximum absolute atomic E-state index is 13.4. The van der Waals surface area contributed by atoms with Crippen LogP contribution in [0.15, 0.2) is 53.1 Å². The van der Waals surface area contributed by atoms with Crippen LogP contribution in [0.1, 0.15) is 11.4 Å². The van der Waals surface area contributed by atoms with Gasteiger partial charge >= 0.3 is 0 Å². The molecule has 0 aliphatic heterocycles. The van der Waals surface area contributed by atoms with Gasteiger partial charge < -0.3 is 10.3 Å². The minimum Gasteiger partial charge on any atom is -0.396 e. The fourth-order valence-electron chi connectivity index (χ4n) is 1.94. The van der Waals surface area contributed by atoms with Crippen LogP contribution in [0, 0.1) is 5.82 Å². The van der Waals surface area contributed by atoms with Gasteiger partial charge in [-0.25, -0.2) is 4.39 Å². The molecule has 0 saturated carbocycles. The van der Waals surface area contributed by atoms with Gasteiger partial charge in [-0.2, -0.15) is 4.98 Å². The highest BCUT2D eigenvalue weighted by Gasteiger charge is 2.14. The van der Waals surface area contributed by atoms with Crippen molar-refractivity contribution < 1.29 is 8.91 Å². The van der Waals surface area contributed by atoms with Gasteiger partial charge in [-0.1, -0.05) is 41.6 Å². The smallest absolute Gasteiger partial charge is 0.260 e. The van der Waals surface area contributed by atoms with E-state index in [1.807, 2.05) is 30.3 Å². The molecule has 3 aromatic rings. The Hall–Kier alpha value is -2.69. The van der Waals surface area contributed by atoms with Crippen molar-refractivity contribution in [2.24, 2.45) is 0 Å². The molecule has 5 heteroatoms. The number of nitrogens with two attached hydrogens (primary N) is 1. The Labute approximate surface area is 115 Å². The number of aromatic nitrogens is 2. The summed E-state index contributed by atoms with van der Waals surface area (Å²) in [5, 5.41) is 3.89. The van der Waals surface area contributed by atoms with Gasteiger partial charge in [-0.05, 0) is 17.7 Å². The highest BCUT2D eigenvalue weighted by Crippen LogP contribution is 2.26. The number of anilines is 1. The van der Waals surface area contributed by atoms with Crippen LogP contribution in [0.5, 0.6) is 0 Å². The zero-order valence-electron chi connectivity index (χ0n) is 10.6. The Kier molecular flexibility index (Phi) is 3.16. The van der Waals surface area contributed by atoms with E-state index in [0.717, 1.165) is 5.56 Å². The zero-order valence-corrected chi connectivity index (χ0v) is 10.6. The third-order valence-electron chi connectivity index (χ3n) is 2.96. The van der Waals surface area contributed by atoms with Crippen LogP contribution in [0.25, 0.3) is 11.5 Å². The summed E-state index contributed by atoms with van der Waals surface area (Å²) in [5.74, 6) is 0.271. The summed E-state index contributed by atoms with van der Waals surface area (Å²) in [6.45, 7) is 0. The van der Waals surface area contributed by atoms with Crippen molar-refractivity contribution in [3.8, 4) is 11.5 Å². The van der Waals surface area contributed by atoms with Crippen LogP contribution in [0.2, 0.25) is 0 Å². The van der Waals surface area contributed by atoms with E-state index in [-0.39, 0.29) is 11.6 Å². The van der Waals surface area contributed by atoms with Gasteiger partial charge in [0, 0.05) is 6.42 Å². The monoisotopic (exact) mass is 269 g/mol. The lowest BCUT2D eigenvalue weighted by Gasteiger charge is -2.00. The van der Waals surface area contributed by atoms with Crippen molar-refractivity contribution in [3.63, 3.8) is 0 Å². The number of para-hydroxylation sites is 1. The average Bonchev–Trinajstić information content (AvgIpc) is 2.91. The summed E-state index contributed by atoms with van der Waals surface area (Å²) in [6.07, 6.45) is 0.555. The molecule has 0 saturated heterocycles. The van der Waals surface area contributed by atoms with Crippen molar-refractivity contribution in [1.29, 1.82) is 0 Å². The van der Waals surface area contributed by atoms with Crippen LogP contribution in [0.4, 0.5) is 10.1 Å². The van der Waals surface area contributed by atoms with Crippen LogP contribution in [0.3, 0.4) is 0 Å². The van der Waals surface area contributed by atoms with Crippen molar-refractivity contribution >= 4 is 5.69 Å². The number of hydrogen-bond donors (Lipinski definition) is 1. The molecule has 1 heterocycles. The van der Waals surface area contributed by atoms with Crippen LogP contribution in [-0.2, 0) is 6.42 Å². The second-order valence-corrected chi connectivity index (χ2v) is 4.38. The third kappa shape index (κ3) is 2.38. The van der Waals surface area contributed by atoms with Crippen LogP contribution in [-0.4, -0.2) is 10.1 Å². The summed E-state index contributed by atoms with van der Waals surface area (Å²) in [4.78, 5) is 4.25. The molecular formula is C15H12FN3O. The molecule has 0 spiro atoms. The minimum absolute atomic E-state index is 0.0161. The Morgan fingerprint density at radius 1 is 1.05 bits per heavy atom. The summed E-state index contributed by atoms with van der Waals surface area (Å²) >= 11 is 0. The zero-order chi connectivity index (χ0) is 13.9. The largest absolute Gasteiger partial charge is 0.396 e. The third-order valence-corrected chi connectivity index (χ3v) is 2.96. The van der Waals surface area contributed by atoms with E-state index in [1.54, 1.807) is 12.1 Å². The minimum atomic E-state index is -0.495. The lowest BCUT2D eigenvalue weighted by Crippen LogP contribution is -1.94. The Balaban J connectivity index is 1.89. The molecule has 4 nitrogen and oxygen atoms in total. The molecule has 0 amide bonds. The molecule has 0 aliphatic rings. The first kappa shape index (κ1) is 12.3. The second-order valence-electron chi connectivity index (χ2n) is 4.38. The number of rotatable bonds is 3. The second kappa shape index (κ2) is 5.13. The Bertz CT molecular complexity index is 725. The van der Waals surface area contributed by atoms with Gasteiger partial charge in [0.1, 0.15) is 5.82 Å². The van der Waals surface area contributed by atoms with E-state index in [2.05, 4.69) is 10.1 Å². The van der Waals surface area contributed by atoms with E-state index in [0.29, 0.717) is 17.8 Å². The molecule has 100 valence electrons. The summed E-state index contributed by atoms with van der Waals surface area (Å²) in [7, 11) is 0. The van der Waals surface area contributed by atoms with Crippen molar-refractivity contribution in [2.75, 3.05) is 5.73 Å². The van der Waals surface area contributed by atoms with Gasteiger partial charge in [0.25, 0.3) is 5.89 Å². The van der Waals surface area contributed by atoms with Gasteiger partial charge in [0.2, 0.25) is 0 Å². The number of halogens is 1. The molecule has 2 N–H and O–H groups in total. The molecule has 0 atom stereocenters. The first-order chi connectivity index (χ1) is 9.74. The maximum Gasteiger partial charge on any atom is 0.260 e. The molecular weight excluding hydrogens is 257 g/mol. The standard InChI is InChI=1S/C15H12FN3O/c16-12-8-4-7-11(14(12)17)15-18-13(19-20-15)9-10-5-2-1-3-6-10/h1-8H,9,17H2. The summed E-state index contributed by atoms with van der Waals surface area (Å²) in [6, 6.07) is 14.3. The molecule has 2 aromatic carbocycles. The van der Waals surface area contributed by atoms with E-state index < -0.39 is 5.82 Å². The number of nitrogens with zero attached hydrogens (tertiary/aromatic N) is 2. The van der Waals surface area contributed by atoms with Crippen molar-refractivity contribution in [2.45, 2.75) is 6.42 Å². The van der Waals surface area contributed by atoms with Gasteiger partial charge in [-0.15, -0.1) is 0 Å². The quantitative estimate of drug-likeness (QED) is 0.742. The normalized spacial score (nSPS) is 10.7. The molecule has 3 rings (SSSR count). The maximum atomic E-state index is 13.4. The predicted octanol–water partition coefficient (Wildman–Crippen LogP) is 3.05. The van der Waals surface area contributed by atoms with E-state index in [4.69, 9.17) is 10.3 Å². The summed E-state index contributed by atoms with van der Waals surface area (Å²) in [5.41, 5.74) is 7.18. The first-order valence-corrected chi connectivity index (χ1v) is 6.15. The summed E-state index contributed by atoms with van der Waals surface area (Å²) < 4.78 is 18.6. The topological polar surface area (TPSA) is 64.9 Å². The van der Waals surface area contributed by atoms with E-state index in [9.17, 15) is 4.39 Å². The molecule has 0 unspecified atom stereocenters.